The Morgan fingerprint density at radius 3 is 2.89 bits per heavy atom. The van der Waals surface area contributed by atoms with Crippen LogP contribution in [0.3, 0.4) is 0 Å². The van der Waals surface area contributed by atoms with Crippen molar-refractivity contribution in [2.24, 2.45) is 0 Å². The molecule has 0 aliphatic carbocycles. The molecule has 0 radical (unpaired) electrons. The van der Waals surface area contributed by atoms with E-state index in [1.165, 1.54) is 4.31 Å². The van der Waals surface area contributed by atoms with E-state index in [4.69, 9.17) is 4.74 Å². The fourth-order valence-electron chi connectivity index (χ4n) is 3.65. The standard InChI is InChI=1S/C19H28N4O4S/c1-4-12-28(25,26)22-10-6-8-15(13-22)21-19(24)17-14(3)20-18-16(27-5-2)9-7-11-23(17)18/h7,9,11,15H,4-6,8,10,12-13H2,1-3H3,(H,21,24)/t15-/m0/s1. The number of fused-ring (bicyclic) bond motifs is 1. The number of pyridine rings is 1. The molecule has 28 heavy (non-hydrogen) atoms. The second kappa shape index (κ2) is 8.48. The second-order valence-electron chi connectivity index (χ2n) is 7.03. The van der Waals surface area contributed by atoms with Crippen LogP contribution in [0.15, 0.2) is 18.3 Å². The first-order valence-corrected chi connectivity index (χ1v) is 11.4. The number of rotatable bonds is 7. The van der Waals surface area contributed by atoms with Crippen molar-refractivity contribution < 1.29 is 17.9 Å². The zero-order valence-electron chi connectivity index (χ0n) is 16.6. The van der Waals surface area contributed by atoms with Crippen LogP contribution in [-0.4, -0.2) is 59.5 Å². The third-order valence-electron chi connectivity index (χ3n) is 4.88. The summed E-state index contributed by atoms with van der Waals surface area (Å²) in [5.41, 5.74) is 1.66. The van der Waals surface area contributed by atoms with Gasteiger partial charge in [0.25, 0.3) is 5.91 Å². The quantitative estimate of drug-likeness (QED) is 0.756. The number of hydrogen-bond donors (Lipinski definition) is 1. The summed E-state index contributed by atoms with van der Waals surface area (Å²) in [5, 5.41) is 3.00. The van der Waals surface area contributed by atoms with Crippen LogP contribution in [0.25, 0.3) is 5.65 Å². The summed E-state index contributed by atoms with van der Waals surface area (Å²) < 4.78 is 33.5. The predicted molar refractivity (Wildman–Crippen MR) is 107 cm³/mol. The Bertz CT molecular complexity index is 954. The first-order valence-electron chi connectivity index (χ1n) is 9.76. The molecule has 2 aromatic heterocycles. The maximum Gasteiger partial charge on any atom is 0.270 e. The normalized spacial score (nSPS) is 18.3. The molecule has 9 heteroatoms. The lowest BCUT2D eigenvalue weighted by atomic mass is 10.1. The smallest absolute Gasteiger partial charge is 0.270 e. The van der Waals surface area contributed by atoms with Crippen LogP contribution >= 0.6 is 0 Å². The van der Waals surface area contributed by atoms with Crippen LogP contribution in [-0.2, 0) is 10.0 Å². The molecular weight excluding hydrogens is 380 g/mol. The van der Waals surface area contributed by atoms with Gasteiger partial charge in [-0.3, -0.25) is 9.20 Å². The van der Waals surface area contributed by atoms with Gasteiger partial charge < -0.3 is 10.1 Å². The van der Waals surface area contributed by atoms with Gasteiger partial charge in [0.15, 0.2) is 11.4 Å². The van der Waals surface area contributed by atoms with Crippen LogP contribution in [0, 0.1) is 6.92 Å². The van der Waals surface area contributed by atoms with E-state index in [9.17, 15) is 13.2 Å². The highest BCUT2D eigenvalue weighted by atomic mass is 32.2. The molecule has 0 saturated carbocycles. The van der Waals surface area contributed by atoms with Gasteiger partial charge in [-0.15, -0.1) is 0 Å². The number of ether oxygens (including phenoxy) is 1. The molecule has 1 N–H and O–H groups in total. The van der Waals surface area contributed by atoms with E-state index < -0.39 is 10.0 Å². The molecule has 0 aromatic carbocycles. The van der Waals surface area contributed by atoms with Crippen molar-refractivity contribution in [3.8, 4) is 5.75 Å². The first-order chi connectivity index (χ1) is 13.4. The molecule has 1 aliphatic rings. The second-order valence-corrected chi connectivity index (χ2v) is 9.12. The van der Waals surface area contributed by atoms with Crippen LogP contribution in [0.1, 0.15) is 49.3 Å². The minimum atomic E-state index is -3.26. The van der Waals surface area contributed by atoms with E-state index in [2.05, 4.69) is 10.3 Å². The molecule has 0 unspecified atom stereocenters. The van der Waals surface area contributed by atoms with E-state index in [0.29, 0.717) is 48.9 Å². The third kappa shape index (κ3) is 4.15. The van der Waals surface area contributed by atoms with Crippen molar-refractivity contribution in [3.05, 3.63) is 29.7 Å². The molecule has 0 spiro atoms. The number of imidazole rings is 1. The number of nitrogens with one attached hydrogen (secondary N) is 1. The number of aryl methyl sites for hydroxylation is 1. The minimum absolute atomic E-state index is 0.139. The lowest BCUT2D eigenvalue weighted by Crippen LogP contribution is -2.50. The highest BCUT2D eigenvalue weighted by Crippen LogP contribution is 2.22. The summed E-state index contributed by atoms with van der Waals surface area (Å²) >= 11 is 0. The summed E-state index contributed by atoms with van der Waals surface area (Å²) in [6.45, 7) is 6.88. The number of aromatic nitrogens is 2. The average Bonchev–Trinajstić information content (AvgIpc) is 2.99. The zero-order valence-corrected chi connectivity index (χ0v) is 17.5. The summed E-state index contributed by atoms with van der Waals surface area (Å²) in [6, 6.07) is 3.42. The molecule has 0 bridgehead atoms. The van der Waals surface area contributed by atoms with E-state index >= 15 is 0 Å². The zero-order chi connectivity index (χ0) is 20.3. The fourth-order valence-corrected chi connectivity index (χ4v) is 5.24. The van der Waals surface area contributed by atoms with Gasteiger partial charge >= 0.3 is 0 Å². The van der Waals surface area contributed by atoms with Gasteiger partial charge in [-0.05, 0) is 45.2 Å². The van der Waals surface area contributed by atoms with Gasteiger partial charge in [-0.2, -0.15) is 4.31 Å². The van der Waals surface area contributed by atoms with E-state index in [-0.39, 0.29) is 17.7 Å². The van der Waals surface area contributed by atoms with Crippen molar-refractivity contribution in [3.63, 3.8) is 0 Å². The van der Waals surface area contributed by atoms with Crippen molar-refractivity contribution in [2.45, 2.75) is 46.1 Å². The molecular formula is C19H28N4O4S. The average molecular weight is 409 g/mol. The van der Waals surface area contributed by atoms with E-state index in [0.717, 1.165) is 12.8 Å². The molecule has 1 atom stereocenters. The van der Waals surface area contributed by atoms with Gasteiger partial charge in [0, 0.05) is 25.3 Å². The molecule has 8 nitrogen and oxygen atoms in total. The molecule has 2 aromatic rings. The topological polar surface area (TPSA) is 93.0 Å². The number of sulfonamides is 1. The van der Waals surface area contributed by atoms with E-state index in [1.54, 1.807) is 17.5 Å². The Morgan fingerprint density at radius 1 is 1.39 bits per heavy atom. The Balaban J connectivity index is 1.80. The molecule has 1 fully saturated rings. The highest BCUT2D eigenvalue weighted by Gasteiger charge is 2.30. The Kier molecular flexibility index (Phi) is 6.24. The first kappa shape index (κ1) is 20.6. The van der Waals surface area contributed by atoms with Gasteiger partial charge in [0.05, 0.1) is 18.1 Å². The van der Waals surface area contributed by atoms with Gasteiger partial charge in [-0.25, -0.2) is 13.4 Å². The SMILES string of the molecule is CCCS(=O)(=O)N1CCC[C@H](NC(=O)c2c(C)nc3c(OCC)cccn23)C1. The highest BCUT2D eigenvalue weighted by molar-refractivity contribution is 7.89. The molecule has 1 aliphatic heterocycles. The van der Waals surface area contributed by atoms with Crippen LogP contribution < -0.4 is 10.1 Å². The van der Waals surface area contributed by atoms with Crippen LogP contribution in [0.2, 0.25) is 0 Å². The number of carbonyl (C=O) groups is 1. The Hall–Kier alpha value is -2.13. The molecule has 3 heterocycles. The van der Waals surface area contributed by atoms with Crippen molar-refractivity contribution in [1.82, 2.24) is 19.0 Å². The number of piperidine rings is 1. The van der Waals surface area contributed by atoms with Crippen LogP contribution in [0.4, 0.5) is 0 Å². The molecule has 154 valence electrons. The predicted octanol–water partition coefficient (Wildman–Crippen LogP) is 1.98. The van der Waals surface area contributed by atoms with Crippen molar-refractivity contribution >= 4 is 21.6 Å². The van der Waals surface area contributed by atoms with Gasteiger partial charge in [0.1, 0.15) is 5.69 Å². The molecule has 1 saturated heterocycles. The number of nitrogens with zero attached hydrogens (tertiary/aromatic N) is 3. The monoisotopic (exact) mass is 408 g/mol. The lowest BCUT2D eigenvalue weighted by molar-refractivity contribution is 0.0914. The summed E-state index contributed by atoms with van der Waals surface area (Å²) in [4.78, 5) is 17.5. The maximum atomic E-state index is 13.0. The fraction of sp³-hybridized carbons (Fsp3) is 0.579. The summed E-state index contributed by atoms with van der Waals surface area (Å²) in [5.74, 6) is 0.514. The number of carbonyl (C=O) groups excluding carboxylic acids is 1. The Labute approximate surface area is 165 Å². The van der Waals surface area contributed by atoms with Crippen molar-refractivity contribution in [2.75, 3.05) is 25.4 Å². The maximum absolute atomic E-state index is 13.0. The summed E-state index contributed by atoms with van der Waals surface area (Å²) in [7, 11) is -3.26. The van der Waals surface area contributed by atoms with Crippen molar-refractivity contribution in [1.29, 1.82) is 0 Å². The molecule has 3 rings (SSSR count). The Morgan fingerprint density at radius 2 is 2.18 bits per heavy atom. The van der Waals surface area contributed by atoms with Crippen LogP contribution in [0.5, 0.6) is 5.75 Å². The number of hydrogen-bond acceptors (Lipinski definition) is 5. The lowest BCUT2D eigenvalue weighted by Gasteiger charge is -2.32. The third-order valence-corrected chi connectivity index (χ3v) is 6.92. The summed E-state index contributed by atoms with van der Waals surface area (Å²) in [6.07, 6.45) is 3.85. The molecule has 1 amide bonds. The van der Waals surface area contributed by atoms with E-state index in [1.807, 2.05) is 26.0 Å². The minimum Gasteiger partial charge on any atom is -0.490 e. The largest absolute Gasteiger partial charge is 0.490 e. The van der Waals surface area contributed by atoms with Gasteiger partial charge in [0.2, 0.25) is 10.0 Å². The van der Waals surface area contributed by atoms with Gasteiger partial charge in [-0.1, -0.05) is 6.92 Å². The number of amides is 1.